The number of carboxylic acid groups (broad SMARTS) is 1. The number of aliphatic carboxylic acids is 1. The lowest BCUT2D eigenvalue weighted by Gasteiger charge is -2.10. The number of hydrogen-bond donors (Lipinski definition) is 1. The molecule has 0 heterocycles. The third kappa shape index (κ3) is 3.49. The van der Waals surface area contributed by atoms with Gasteiger partial charge in [0.15, 0.2) is 0 Å². The predicted molar refractivity (Wildman–Crippen MR) is 40.9 cm³/mol. The van der Waals surface area contributed by atoms with Crippen LogP contribution >= 0.6 is 0 Å². The summed E-state index contributed by atoms with van der Waals surface area (Å²) >= 11 is 0. The summed E-state index contributed by atoms with van der Waals surface area (Å²) in [6.45, 7) is 5.92. The zero-order valence-electron chi connectivity index (χ0n) is 6.92. The zero-order valence-corrected chi connectivity index (χ0v) is 6.92. The highest BCUT2D eigenvalue weighted by Crippen LogP contribution is 2.14. The number of carbonyl (C=O) groups is 1. The van der Waals surface area contributed by atoms with Crippen LogP contribution in [0.1, 0.15) is 33.6 Å². The number of hydrogen-bond acceptors (Lipinski definition) is 1. The minimum absolute atomic E-state index is 0.185. The molecule has 0 aliphatic rings. The largest absolute Gasteiger partial charge is 0.481 e. The summed E-state index contributed by atoms with van der Waals surface area (Å²) in [5.74, 6) is -0.332. The van der Waals surface area contributed by atoms with Crippen LogP contribution in [-0.2, 0) is 4.79 Å². The van der Waals surface area contributed by atoms with E-state index in [1.807, 2.05) is 0 Å². The van der Waals surface area contributed by atoms with Crippen molar-refractivity contribution in [3.8, 4) is 0 Å². The van der Waals surface area contributed by atoms with Gasteiger partial charge < -0.3 is 5.11 Å². The molecule has 0 amide bonds. The number of carboxylic acids is 1. The first-order valence-electron chi connectivity index (χ1n) is 3.80. The average Bonchev–Trinajstić information content (AvgIpc) is 1.87. The molecule has 0 aromatic heterocycles. The Bertz CT molecular complexity index is 110. The van der Waals surface area contributed by atoms with E-state index in [9.17, 15) is 4.79 Å². The molecule has 0 unspecified atom stereocenters. The molecule has 0 bridgehead atoms. The van der Waals surface area contributed by atoms with Crippen molar-refractivity contribution in [3.63, 3.8) is 0 Å². The summed E-state index contributed by atoms with van der Waals surface area (Å²) in [4.78, 5) is 10.4. The molecule has 0 saturated heterocycles. The third-order valence-corrected chi connectivity index (χ3v) is 1.87. The highest BCUT2D eigenvalue weighted by molar-refractivity contribution is 5.69. The summed E-state index contributed by atoms with van der Waals surface area (Å²) in [5.41, 5.74) is 0. The Balaban J connectivity index is 3.56. The second kappa shape index (κ2) is 4.31. The maximum absolute atomic E-state index is 10.4. The molecule has 0 aliphatic carbocycles. The molecule has 0 aromatic rings. The van der Waals surface area contributed by atoms with Crippen molar-refractivity contribution in [2.75, 3.05) is 0 Å². The van der Waals surface area contributed by atoms with E-state index in [2.05, 4.69) is 13.8 Å². The molecule has 0 fully saturated rings. The first-order valence-corrected chi connectivity index (χ1v) is 3.80. The van der Waals surface area contributed by atoms with Gasteiger partial charge in [0, 0.05) is 0 Å². The van der Waals surface area contributed by atoms with Crippen LogP contribution in [0, 0.1) is 11.8 Å². The van der Waals surface area contributed by atoms with E-state index in [1.54, 1.807) is 6.92 Å². The van der Waals surface area contributed by atoms with E-state index in [-0.39, 0.29) is 5.92 Å². The van der Waals surface area contributed by atoms with Gasteiger partial charge >= 0.3 is 5.97 Å². The Labute approximate surface area is 62.2 Å². The Morgan fingerprint density at radius 1 is 1.50 bits per heavy atom. The minimum Gasteiger partial charge on any atom is -0.481 e. The topological polar surface area (TPSA) is 37.3 Å². The molecule has 2 atom stereocenters. The van der Waals surface area contributed by atoms with Crippen molar-refractivity contribution in [2.45, 2.75) is 33.6 Å². The Morgan fingerprint density at radius 3 is 2.30 bits per heavy atom. The van der Waals surface area contributed by atoms with Crippen molar-refractivity contribution in [1.29, 1.82) is 0 Å². The van der Waals surface area contributed by atoms with Crippen molar-refractivity contribution in [3.05, 3.63) is 0 Å². The molecule has 0 saturated carbocycles. The summed E-state index contributed by atoms with van der Waals surface area (Å²) in [5, 5.41) is 8.53. The van der Waals surface area contributed by atoms with Crippen LogP contribution in [0.25, 0.3) is 0 Å². The van der Waals surface area contributed by atoms with Crippen LogP contribution in [-0.4, -0.2) is 11.1 Å². The van der Waals surface area contributed by atoms with Gasteiger partial charge in [-0.15, -0.1) is 0 Å². The molecule has 0 radical (unpaired) electrons. The molecule has 0 aliphatic heterocycles. The molecule has 0 rings (SSSR count). The van der Waals surface area contributed by atoms with Gasteiger partial charge in [-0.25, -0.2) is 0 Å². The minimum atomic E-state index is -0.680. The van der Waals surface area contributed by atoms with Crippen molar-refractivity contribution in [2.24, 2.45) is 11.8 Å². The first-order chi connectivity index (χ1) is 4.57. The molecule has 0 spiro atoms. The molecule has 2 nitrogen and oxygen atoms in total. The smallest absolute Gasteiger partial charge is 0.306 e. The summed E-state index contributed by atoms with van der Waals surface area (Å²) in [6.07, 6.45) is 1.86. The lowest BCUT2D eigenvalue weighted by Crippen LogP contribution is -2.12. The van der Waals surface area contributed by atoms with Gasteiger partial charge in [0.2, 0.25) is 0 Å². The number of rotatable bonds is 4. The molecule has 0 aromatic carbocycles. The molecule has 60 valence electrons. The normalized spacial score (nSPS) is 16.3. The van der Waals surface area contributed by atoms with Crippen LogP contribution in [0.4, 0.5) is 0 Å². The molecular weight excluding hydrogens is 128 g/mol. The fraction of sp³-hybridized carbons (Fsp3) is 0.875. The van der Waals surface area contributed by atoms with Gasteiger partial charge in [-0.1, -0.05) is 27.2 Å². The fourth-order valence-corrected chi connectivity index (χ4v) is 0.871. The maximum Gasteiger partial charge on any atom is 0.306 e. The second-order valence-electron chi connectivity index (χ2n) is 2.99. The van der Waals surface area contributed by atoms with Gasteiger partial charge in [-0.05, 0) is 12.3 Å². The van der Waals surface area contributed by atoms with Crippen LogP contribution in [0.2, 0.25) is 0 Å². The van der Waals surface area contributed by atoms with E-state index in [0.29, 0.717) is 5.92 Å². The SMILES string of the molecule is CC[C@@H](C)C[C@@H](C)C(=O)O. The Kier molecular flexibility index (Phi) is 4.08. The fourth-order valence-electron chi connectivity index (χ4n) is 0.871. The van der Waals surface area contributed by atoms with Gasteiger partial charge in [-0.3, -0.25) is 4.79 Å². The second-order valence-corrected chi connectivity index (χ2v) is 2.99. The van der Waals surface area contributed by atoms with Crippen LogP contribution < -0.4 is 0 Å². The standard InChI is InChI=1S/C8H16O2/c1-4-6(2)5-7(3)8(9)10/h6-7H,4-5H2,1-3H3,(H,9,10)/t6-,7-/m1/s1. The maximum atomic E-state index is 10.4. The predicted octanol–water partition coefficient (Wildman–Crippen LogP) is 2.14. The Morgan fingerprint density at radius 2 is 2.00 bits per heavy atom. The van der Waals surface area contributed by atoms with Gasteiger partial charge in [0.1, 0.15) is 0 Å². The van der Waals surface area contributed by atoms with E-state index in [1.165, 1.54) is 0 Å². The van der Waals surface area contributed by atoms with Gasteiger partial charge in [0.25, 0.3) is 0 Å². The monoisotopic (exact) mass is 144 g/mol. The van der Waals surface area contributed by atoms with Crippen LogP contribution in [0.5, 0.6) is 0 Å². The van der Waals surface area contributed by atoms with Crippen LogP contribution in [0.15, 0.2) is 0 Å². The van der Waals surface area contributed by atoms with Gasteiger partial charge in [0.05, 0.1) is 5.92 Å². The molecule has 1 N–H and O–H groups in total. The summed E-state index contributed by atoms with van der Waals surface area (Å²) in [7, 11) is 0. The lowest BCUT2D eigenvalue weighted by molar-refractivity contribution is -0.141. The zero-order chi connectivity index (χ0) is 8.15. The lowest BCUT2D eigenvalue weighted by atomic mass is 9.96. The van der Waals surface area contributed by atoms with E-state index >= 15 is 0 Å². The highest BCUT2D eigenvalue weighted by Gasteiger charge is 2.13. The van der Waals surface area contributed by atoms with Crippen LogP contribution in [0.3, 0.4) is 0 Å². The molecule has 10 heavy (non-hydrogen) atoms. The third-order valence-electron chi connectivity index (χ3n) is 1.87. The van der Waals surface area contributed by atoms with Crippen molar-refractivity contribution >= 4 is 5.97 Å². The van der Waals surface area contributed by atoms with E-state index in [0.717, 1.165) is 12.8 Å². The molecule has 2 heteroatoms. The van der Waals surface area contributed by atoms with Crippen molar-refractivity contribution in [1.82, 2.24) is 0 Å². The van der Waals surface area contributed by atoms with Crippen molar-refractivity contribution < 1.29 is 9.90 Å². The molecular formula is C8H16O2. The highest BCUT2D eigenvalue weighted by atomic mass is 16.4. The summed E-state index contributed by atoms with van der Waals surface area (Å²) in [6, 6.07) is 0. The first kappa shape index (κ1) is 9.47. The average molecular weight is 144 g/mol. The van der Waals surface area contributed by atoms with Gasteiger partial charge in [-0.2, -0.15) is 0 Å². The van der Waals surface area contributed by atoms with E-state index in [4.69, 9.17) is 5.11 Å². The van der Waals surface area contributed by atoms with E-state index < -0.39 is 5.97 Å². The quantitative estimate of drug-likeness (QED) is 0.656. The Hall–Kier alpha value is -0.530. The summed E-state index contributed by atoms with van der Waals surface area (Å²) < 4.78 is 0.